The molecule has 8 nitrogen and oxygen atoms in total. The van der Waals surface area contributed by atoms with Crippen molar-refractivity contribution < 1.29 is 33.6 Å². The van der Waals surface area contributed by atoms with Gasteiger partial charge in [-0.15, -0.1) is 0 Å². The summed E-state index contributed by atoms with van der Waals surface area (Å²) in [5, 5.41) is 20.9. The molecule has 0 atom stereocenters. The van der Waals surface area contributed by atoms with Gasteiger partial charge < -0.3 is 28.8 Å². The third kappa shape index (κ3) is 3.43. The molecule has 1 aliphatic heterocycles. The van der Waals surface area contributed by atoms with Crippen LogP contribution in [0.3, 0.4) is 0 Å². The number of ether oxygens (including phenoxy) is 3. The van der Waals surface area contributed by atoms with Crippen molar-refractivity contribution in [1.29, 1.82) is 0 Å². The van der Waals surface area contributed by atoms with E-state index in [2.05, 4.69) is 4.74 Å². The normalized spacial score (nSPS) is 12.6. The van der Waals surface area contributed by atoms with Gasteiger partial charge in [-0.3, -0.25) is 9.59 Å². The van der Waals surface area contributed by atoms with Gasteiger partial charge in [-0.2, -0.15) is 0 Å². The number of allylic oxidation sites excluding steroid dienone is 1. The highest BCUT2D eigenvalue weighted by molar-refractivity contribution is 5.90. The van der Waals surface area contributed by atoms with Crippen molar-refractivity contribution in [3.63, 3.8) is 0 Å². The Morgan fingerprint density at radius 1 is 1.17 bits per heavy atom. The number of phenols is 2. The highest BCUT2D eigenvalue weighted by Gasteiger charge is 2.20. The van der Waals surface area contributed by atoms with Crippen molar-refractivity contribution in [3.8, 4) is 34.1 Å². The van der Waals surface area contributed by atoms with E-state index in [0.29, 0.717) is 17.1 Å². The van der Waals surface area contributed by atoms with Crippen molar-refractivity contribution in [3.05, 3.63) is 58.5 Å². The van der Waals surface area contributed by atoms with E-state index in [-0.39, 0.29) is 53.2 Å². The Bertz CT molecular complexity index is 1220. The lowest BCUT2D eigenvalue weighted by molar-refractivity contribution is -0.139. The molecule has 2 aromatic carbocycles. The Kier molecular flexibility index (Phi) is 5.05. The number of carbonyl (C=O) groups excluding carboxylic acids is 1. The second-order valence-electron chi connectivity index (χ2n) is 6.60. The Hall–Kier alpha value is -3.94. The molecule has 8 heteroatoms. The number of rotatable bonds is 5. The van der Waals surface area contributed by atoms with Crippen molar-refractivity contribution in [2.75, 3.05) is 13.9 Å². The summed E-state index contributed by atoms with van der Waals surface area (Å²) in [6.45, 7) is 0.109. The number of fused-ring (bicyclic) bond motifs is 2. The molecule has 3 aromatic rings. The smallest absolute Gasteiger partial charge is 0.309 e. The Labute approximate surface area is 170 Å². The summed E-state index contributed by atoms with van der Waals surface area (Å²) < 4.78 is 20.7. The molecule has 0 amide bonds. The van der Waals surface area contributed by atoms with Gasteiger partial charge >= 0.3 is 5.97 Å². The van der Waals surface area contributed by atoms with Crippen molar-refractivity contribution in [1.82, 2.24) is 0 Å². The zero-order valence-corrected chi connectivity index (χ0v) is 16.0. The fourth-order valence-electron chi connectivity index (χ4n) is 3.22. The maximum atomic E-state index is 13.1. The molecule has 1 aromatic heterocycles. The van der Waals surface area contributed by atoms with Gasteiger partial charge in [-0.05, 0) is 24.1 Å². The van der Waals surface area contributed by atoms with Gasteiger partial charge in [0.2, 0.25) is 12.2 Å². The molecular formula is C22H18O8. The summed E-state index contributed by atoms with van der Waals surface area (Å²) in [5.74, 6) is 0.0917. The summed E-state index contributed by atoms with van der Waals surface area (Å²) in [7, 11) is 1.29. The molecule has 0 fully saturated rings. The molecular weight excluding hydrogens is 392 g/mol. The van der Waals surface area contributed by atoms with Gasteiger partial charge in [0.25, 0.3) is 0 Å². The molecule has 1 aliphatic rings. The number of hydrogen-bond donors (Lipinski definition) is 2. The number of carbonyl (C=O) groups is 1. The molecule has 2 N–H and O–H groups in total. The molecule has 0 spiro atoms. The van der Waals surface area contributed by atoms with E-state index in [0.717, 1.165) is 0 Å². The molecule has 0 saturated carbocycles. The Morgan fingerprint density at radius 2 is 1.97 bits per heavy atom. The summed E-state index contributed by atoms with van der Waals surface area (Å²) in [6, 6.07) is 6.33. The van der Waals surface area contributed by atoms with E-state index < -0.39 is 11.4 Å². The fraction of sp³-hybridized carbons (Fsp3) is 0.182. The highest BCUT2D eigenvalue weighted by Crippen LogP contribution is 2.38. The third-order valence-electron chi connectivity index (χ3n) is 4.81. The van der Waals surface area contributed by atoms with Crippen LogP contribution in [0.4, 0.5) is 0 Å². The van der Waals surface area contributed by atoms with Crippen LogP contribution >= 0.6 is 0 Å². The number of esters is 1. The molecule has 4 rings (SSSR count). The first-order valence-electron chi connectivity index (χ1n) is 9.10. The van der Waals surface area contributed by atoms with Gasteiger partial charge in [-0.1, -0.05) is 18.2 Å². The van der Waals surface area contributed by atoms with Crippen molar-refractivity contribution in [2.45, 2.75) is 12.8 Å². The van der Waals surface area contributed by atoms with Gasteiger partial charge in [0.05, 0.1) is 19.1 Å². The van der Waals surface area contributed by atoms with E-state index in [9.17, 15) is 19.8 Å². The largest absolute Gasteiger partial charge is 0.507 e. The zero-order chi connectivity index (χ0) is 21.3. The molecule has 0 unspecified atom stereocenters. The molecule has 0 aliphatic carbocycles. The van der Waals surface area contributed by atoms with Crippen LogP contribution in [0.1, 0.15) is 12.0 Å². The minimum atomic E-state index is -0.451. The van der Waals surface area contributed by atoms with Crippen LogP contribution in [0.15, 0.2) is 51.9 Å². The summed E-state index contributed by atoms with van der Waals surface area (Å²) in [5.41, 5.74) is 0.531. The van der Waals surface area contributed by atoms with Gasteiger partial charge in [-0.25, -0.2) is 0 Å². The average molecular weight is 410 g/mol. The van der Waals surface area contributed by atoms with E-state index in [4.69, 9.17) is 13.9 Å². The molecule has 0 saturated heterocycles. The second-order valence-corrected chi connectivity index (χ2v) is 6.60. The van der Waals surface area contributed by atoms with Gasteiger partial charge in [0.15, 0.2) is 11.5 Å². The number of hydrogen-bond acceptors (Lipinski definition) is 8. The van der Waals surface area contributed by atoms with E-state index in [1.807, 2.05) is 0 Å². The maximum Gasteiger partial charge on any atom is 0.309 e. The average Bonchev–Trinajstić information content (AvgIpc) is 3.20. The van der Waals surface area contributed by atoms with Gasteiger partial charge in [0, 0.05) is 11.6 Å². The molecule has 30 heavy (non-hydrogen) atoms. The fourth-order valence-corrected chi connectivity index (χ4v) is 3.22. The van der Waals surface area contributed by atoms with Crippen LogP contribution in [0.25, 0.3) is 22.1 Å². The third-order valence-corrected chi connectivity index (χ3v) is 4.81. The lowest BCUT2D eigenvalue weighted by Crippen LogP contribution is -2.06. The standard InChI is InChI=1S/C22H18O8/c1-27-19(24)5-3-2-4-13-15(23)9-18-20(21(13)25)22(26)14(10-28-18)12-6-7-16-17(8-12)30-11-29-16/h2-3,6-10,23,25H,4-5,11H2,1H3/b3-2+. The predicted octanol–water partition coefficient (Wildman–Crippen LogP) is 3.26. The van der Waals surface area contributed by atoms with Crippen LogP contribution in [-0.2, 0) is 16.0 Å². The number of benzene rings is 2. The topological polar surface area (TPSA) is 115 Å². The lowest BCUT2D eigenvalue weighted by Gasteiger charge is -2.10. The molecule has 154 valence electrons. The van der Waals surface area contributed by atoms with Crippen molar-refractivity contribution >= 4 is 16.9 Å². The van der Waals surface area contributed by atoms with Gasteiger partial charge in [0.1, 0.15) is 28.7 Å². The van der Waals surface area contributed by atoms with Crippen molar-refractivity contribution in [2.24, 2.45) is 0 Å². The first kappa shape index (κ1) is 19.4. The van der Waals surface area contributed by atoms with Crippen LogP contribution < -0.4 is 14.9 Å². The zero-order valence-electron chi connectivity index (χ0n) is 16.0. The summed E-state index contributed by atoms with van der Waals surface area (Å²) >= 11 is 0. The van der Waals surface area contributed by atoms with E-state index in [1.165, 1.54) is 19.4 Å². The van der Waals surface area contributed by atoms with Crippen LogP contribution in [0, 0.1) is 0 Å². The van der Waals surface area contributed by atoms with E-state index in [1.54, 1.807) is 30.4 Å². The summed E-state index contributed by atoms with van der Waals surface area (Å²) in [6.07, 6.45) is 4.60. The van der Waals surface area contributed by atoms with Crippen LogP contribution in [-0.4, -0.2) is 30.1 Å². The van der Waals surface area contributed by atoms with E-state index >= 15 is 0 Å². The minimum absolute atomic E-state index is 0.0423. The van der Waals surface area contributed by atoms with Crippen LogP contribution in [0.2, 0.25) is 0 Å². The predicted molar refractivity (Wildman–Crippen MR) is 107 cm³/mol. The monoisotopic (exact) mass is 410 g/mol. The lowest BCUT2D eigenvalue weighted by atomic mass is 10.0. The maximum absolute atomic E-state index is 13.1. The number of aromatic hydroxyl groups is 2. The number of phenolic OH excluding ortho intramolecular Hbond substituents is 2. The first-order chi connectivity index (χ1) is 14.5. The molecule has 0 bridgehead atoms. The molecule has 0 radical (unpaired) electrons. The Balaban J connectivity index is 1.75. The summed E-state index contributed by atoms with van der Waals surface area (Å²) in [4.78, 5) is 24.3. The molecule has 2 heterocycles. The first-order valence-corrected chi connectivity index (χ1v) is 9.10. The Morgan fingerprint density at radius 3 is 2.77 bits per heavy atom. The number of methoxy groups -OCH3 is 1. The van der Waals surface area contributed by atoms with Crippen LogP contribution in [0.5, 0.6) is 23.0 Å². The highest BCUT2D eigenvalue weighted by atomic mass is 16.7. The minimum Gasteiger partial charge on any atom is -0.507 e. The second kappa shape index (κ2) is 7.82. The quantitative estimate of drug-likeness (QED) is 0.486. The SMILES string of the molecule is COC(=O)C/C=C/Cc1c(O)cc2occ(-c3ccc4c(c3)OCO4)c(=O)c2c1O.